The Morgan fingerprint density at radius 2 is 1.54 bits per heavy atom. The van der Waals surface area contributed by atoms with Gasteiger partial charge in [-0.3, -0.25) is 4.79 Å². The van der Waals surface area contributed by atoms with E-state index in [9.17, 15) is 30.0 Å². The Labute approximate surface area is 149 Å². The third kappa shape index (κ3) is 5.12. The highest BCUT2D eigenvalue weighted by Gasteiger charge is 2.24. The summed E-state index contributed by atoms with van der Waals surface area (Å²) in [5.74, 6) is -2.48. The minimum atomic E-state index is -1.25. The average molecular weight is 360 g/mol. The lowest BCUT2D eigenvalue weighted by molar-refractivity contribution is -0.141. The van der Waals surface area contributed by atoms with Gasteiger partial charge in [-0.25, -0.2) is 4.79 Å². The molecule has 1 amide bonds. The number of phenols is 3. The van der Waals surface area contributed by atoms with Crippen LogP contribution in [0.25, 0.3) is 0 Å². The third-order valence-corrected chi connectivity index (χ3v) is 3.82. The van der Waals surface area contributed by atoms with E-state index in [1.54, 1.807) is 12.1 Å². The Hall–Kier alpha value is -3.26. The van der Waals surface area contributed by atoms with E-state index in [4.69, 9.17) is 5.73 Å². The van der Waals surface area contributed by atoms with Gasteiger partial charge in [-0.05, 0) is 41.8 Å². The van der Waals surface area contributed by atoms with Crippen molar-refractivity contribution in [2.75, 3.05) is 0 Å². The van der Waals surface area contributed by atoms with E-state index in [0.717, 1.165) is 5.56 Å². The number of carboxylic acid groups (broad SMARTS) is 1. The average Bonchev–Trinajstić information content (AvgIpc) is 2.59. The number of hydrogen-bond acceptors (Lipinski definition) is 6. The molecule has 0 spiro atoms. The van der Waals surface area contributed by atoms with E-state index in [0.29, 0.717) is 5.56 Å². The third-order valence-electron chi connectivity index (χ3n) is 3.82. The summed E-state index contributed by atoms with van der Waals surface area (Å²) in [4.78, 5) is 23.6. The van der Waals surface area contributed by atoms with Gasteiger partial charge in [0.05, 0.1) is 6.04 Å². The number of amides is 1. The SMILES string of the molecule is N[C@@H](Cc1ccc(O)cc1)C(=O)N[C@@H](Cc1ccc(O)c(O)c1)C(=O)O. The van der Waals surface area contributed by atoms with Crippen molar-refractivity contribution in [1.82, 2.24) is 5.32 Å². The molecule has 0 saturated carbocycles. The quantitative estimate of drug-likeness (QED) is 0.393. The van der Waals surface area contributed by atoms with Gasteiger partial charge in [0.2, 0.25) is 5.91 Å². The number of benzene rings is 2. The molecule has 2 aromatic carbocycles. The highest BCUT2D eigenvalue weighted by atomic mass is 16.4. The first-order chi connectivity index (χ1) is 12.3. The van der Waals surface area contributed by atoms with E-state index in [1.165, 1.54) is 30.3 Å². The summed E-state index contributed by atoms with van der Waals surface area (Å²) >= 11 is 0. The van der Waals surface area contributed by atoms with Gasteiger partial charge in [-0.2, -0.15) is 0 Å². The summed E-state index contributed by atoms with van der Waals surface area (Å²) in [5, 5.41) is 39.7. The van der Waals surface area contributed by atoms with E-state index in [-0.39, 0.29) is 30.1 Å². The lowest BCUT2D eigenvalue weighted by Gasteiger charge is -2.18. The standard InChI is InChI=1S/C18H20N2O6/c19-13(7-10-1-4-12(21)5-2-10)17(24)20-14(18(25)26)8-11-3-6-15(22)16(23)9-11/h1-6,9,13-14,21-23H,7-8,19H2,(H,20,24)(H,25,26)/t13-,14-/m0/s1. The molecule has 0 bridgehead atoms. The second-order valence-electron chi connectivity index (χ2n) is 5.90. The minimum Gasteiger partial charge on any atom is -0.508 e. The maximum atomic E-state index is 12.2. The number of carboxylic acids is 1. The fraction of sp³-hybridized carbons (Fsp3) is 0.222. The van der Waals surface area contributed by atoms with E-state index < -0.39 is 24.0 Å². The number of hydrogen-bond donors (Lipinski definition) is 6. The monoisotopic (exact) mass is 360 g/mol. The maximum absolute atomic E-state index is 12.2. The van der Waals surface area contributed by atoms with Gasteiger partial charge in [-0.15, -0.1) is 0 Å². The Morgan fingerprint density at radius 3 is 2.12 bits per heavy atom. The van der Waals surface area contributed by atoms with Gasteiger partial charge in [-0.1, -0.05) is 18.2 Å². The summed E-state index contributed by atoms with van der Waals surface area (Å²) in [6.45, 7) is 0. The lowest BCUT2D eigenvalue weighted by atomic mass is 10.0. The molecule has 0 radical (unpaired) electrons. The van der Waals surface area contributed by atoms with Crippen LogP contribution < -0.4 is 11.1 Å². The summed E-state index contributed by atoms with van der Waals surface area (Å²) in [7, 11) is 0. The first-order valence-electron chi connectivity index (χ1n) is 7.84. The van der Waals surface area contributed by atoms with Crippen LogP contribution in [0.3, 0.4) is 0 Å². The van der Waals surface area contributed by atoms with Crippen molar-refractivity contribution in [2.24, 2.45) is 5.73 Å². The number of phenolic OH excluding ortho intramolecular Hbond substituents is 3. The van der Waals surface area contributed by atoms with Crippen molar-refractivity contribution in [3.05, 3.63) is 53.6 Å². The molecule has 26 heavy (non-hydrogen) atoms. The number of nitrogens with one attached hydrogen (secondary N) is 1. The molecule has 2 atom stereocenters. The largest absolute Gasteiger partial charge is 0.508 e. The molecule has 2 rings (SSSR count). The van der Waals surface area contributed by atoms with Crippen molar-refractivity contribution in [1.29, 1.82) is 0 Å². The Kier molecular flexibility index (Phi) is 6.03. The molecule has 0 unspecified atom stereocenters. The van der Waals surface area contributed by atoms with Gasteiger partial charge >= 0.3 is 5.97 Å². The molecule has 0 aliphatic carbocycles. The van der Waals surface area contributed by atoms with Crippen LogP contribution in [0.15, 0.2) is 42.5 Å². The van der Waals surface area contributed by atoms with Crippen LogP contribution in [-0.4, -0.2) is 44.4 Å². The van der Waals surface area contributed by atoms with Crippen LogP contribution in [0, 0.1) is 0 Å². The van der Waals surface area contributed by atoms with Gasteiger partial charge < -0.3 is 31.5 Å². The zero-order valence-corrected chi connectivity index (χ0v) is 13.8. The van der Waals surface area contributed by atoms with Crippen LogP contribution in [0.5, 0.6) is 17.2 Å². The molecular weight excluding hydrogens is 340 g/mol. The van der Waals surface area contributed by atoms with Crippen molar-refractivity contribution >= 4 is 11.9 Å². The van der Waals surface area contributed by atoms with Crippen LogP contribution in [0.2, 0.25) is 0 Å². The van der Waals surface area contributed by atoms with Crippen molar-refractivity contribution in [2.45, 2.75) is 24.9 Å². The minimum absolute atomic E-state index is 0.0825. The van der Waals surface area contributed by atoms with E-state index >= 15 is 0 Å². The molecule has 0 heterocycles. The lowest BCUT2D eigenvalue weighted by Crippen LogP contribution is -2.50. The summed E-state index contributed by atoms with van der Waals surface area (Å²) in [6, 6.07) is 7.90. The molecule has 0 saturated heterocycles. The molecule has 2 aromatic rings. The van der Waals surface area contributed by atoms with E-state index in [1.807, 2.05) is 0 Å². The number of carbonyl (C=O) groups excluding carboxylic acids is 1. The normalized spacial score (nSPS) is 13.0. The first kappa shape index (κ1) is 19.1. The zero-order valence-electron chi connectivity index (χ0n) is 13.8. The van der Waals surface area contributed by atoms with Gasteiger partial charge in [0.25, 0.3) is 0 Å². The second kappa shape index (κ2) is 8.21. The molecule has 0 fully saturated rings. The fourth-order valence-corrected chi connectivity index (χ4v) is 2.39. The number of nitrogens with two attached hydrogens (primary N) is 1. The molecule has 138 valence electrons. The van der Waals surface area contributed by atoms with Crippen molar-refractivity contribution in [3.63, 3.8) is 0 Å². The number of aliphatic carboxylic acids is 1. The smallest absolute Gasteiger partial charge is 0.326 e. The first-order valence-corrected chi connectivity index (χ1v) is 7.84. The number of carbonyl (C=O) groups is 2. The van der Waals surface area contributed by atoms with Crippen LogP contribution in [0.1, 0.15) is 11.1 Å². The highest BCUT2D eigenvalue weighted by Crippen LogP contribution is 2.25. The van der Waals surface area contributed by atoms with Gasteiger partial charge in [0, 0.05) is 6.42 Å². The van der Waals surface area contributed by atoms with Crippen molar-refractivity contribution < 1.29 is 30.0 Å². The second-order valence-corrected chi connectivity index (χ2v) is 5.90. The summed E-state index contributed by atoms with van der Waals surface area (Å²) < 4.78 is 0. The molecule has 7 N–H and O–H groups in total. The number of rotatable bonds is 7. The maximum Gasteiger partial charge on any atom is 0.326 e. The summed E-state index contributed by atoms with van der Waals surface area (Å²) in [5.41, 5.74) is 6.99. The van der Waals surface area contributed by atoms with Gasteiger partial charge in [0.1, 0.15) is 11.8 Å². The summed E-state index contributed by atoms with van der Waals surface area (Å²) in [6.07, 6.45) is 0.0965. The Bertz CT molecular complexity index is 791. The van der Waals surface area contributed by atoms with Crippen LogP contribution >= 0.6 is 0 Å². The number of aromatic hydroxyl groups is 3. The molecule has 0 aromatic heterocycles. The topological polar surface area (TPSA) is 153 Å². The predicted octanol–water partition coefficient (Wildman–Crippen LogP) is 0.485. The predicted molar refractivity (Wildman–Crippen MR) is 92.8 cm³/mol. The zero-order chi connectivity index (χ0) is 19.3. The fourth-order valence-electron chi connectivity index (χ4n) is 2.39. The molecular formula is C18H20N2O6. The van der Waals surface area contributed by atoms with Crippen molar-refractivity contribution in [3.8, 4) is 17.2 Å². The van der Waals surface area contributed by atoms with Crippen LogP contribution in [0.4, 0.5) is 0 Å². The van der Waals surface area contributed by atoms with Gasteiger partial charge in [0.15, 0.2) is 11.5 Å². The molecule has 8 heteroatoms. The Balaban J connectivity index is 2.01. The molecule has 0 aliphatic heterocycles. The Morgan fingerprint density at radius 1 is 0.923 bits per heavy atom. The molecule has 0 aliphatic rings. The van der Waals surface area contributed by atoms with E-state index in [2.05, 4.69) is 5.32 Å². The van der Waals surface area contributed by atoms with Crippen LogP contribution in [-0.2, 0) is 22.4 Å². The highest BCUT2D eigenvalue weighted by molar-refractivity contribution is 5.87. The molecule has 8 nitrogen and oxygen atoms in total.